The summed E-state index contributed by atoms with van der Waals surface area (Å²) in [5.74, 6) is 0. The highest BCUT2D eigenvalue weighted by Gasteiger charge is 2.30. The number of hydrogen-bond acceptors (Lipinski definition) is 3. The summed E-state index contributed by atoms with van der Waals surface area (Å²) in [4.78, 5) is 11.1. The molecule has 1 aromatic carbocycles. The fourth-order valence-corrected chi connectivity index (χ4v) is 2.00. The summed E-state index contributed by atoms with van der Waals surface area (Å²) in [6.45, 7) is 3.12. The molecule has 2 rings (SSSR count). The van der Waals surface area contributed by atoms with Crippen LogP contribution in [0.1, 0.15) is 18.9 Å². The van der Waals surface area contributed by atoms with Gasteiger partial charge in [-0.1, -0.05) is 49.4 Å². The Balaban J connectivity index is 1.70. The lowest BCUT2D eigenvalue weighted by atomic mass is 10.1. The molecule has 1 N–H and O–H groups in total. The molecule has 0 saturated carbocycles. The van der Waals surface area contributed by atoms with E-state index in [4.69, 9.17) is 9.47 Å². The van der Waals surface area contributed by atoms with Crippen molar-refractivity contribution >= 4 is 6.09 Å². The first-order valence-electron chi connectivity index (χ1n) is 6.55. The van der Waals surface area contributed by atoms with Gasteiger partial charge in [0, 0.05) is 0 Å². The van der Waals surface area contributed by atoms with Crippen LogP contribution < -0.4 is 5.32 Å². The van der Waals surface area contributed by atoms with E-state index in [2.05, 4.69) is 5.32 Å². The molecule has 19 heavy (non-hydrogen) atoms. The van der Waals surface area contributed by atoms with E-state index in [1.807, 2.05) is 49.4 Å². The van der Waals surface area contributed by atoms with Crippen LogP contribution in [0.15, 0.2) is 42.5 Å². The Morgan fingerprint density at radius 1 is 1.37 bits per heavy atom. The van der Waals surface area contributed by atoms with E-state index in [0.29, 0.717) is 13.2 Å². The maximum Gasteiger partial charge on any atom is 0.408 e. The molecule has 1 fully saturated rings. The largest absolute Gasteiger partial charge is 0.444 e. The number of alkyl carbamates (subject to hydrolysis) is 1. The van der Waals surface area contributed by atoms with E-state index in [-0.39, 0.29) is 18.2 Å². The summed E-state index contributed by atoms with van der Waals surface area (Å²) in [5, 5.41) is 2.76. The Morgan fingerprint density at radius 3 is 2.89 bits per heavy atom. The number of amides is 1. The van der Waals surface area contributed by atoms with E-state index >= 15 is 0 Å². The van der Waals surface area contributed by atoms with Crippen LogP contribution in [-0.4, -0.2) is 24.8 Å². The SMILES string of the molecule is CC[C@@H]1OC(=O)N[C@H]1/C=C/COCc1ccccc1. The zero-order valence-electron chi connectivity index (χ0n) is 11.0. The minimum Gasteiger partial charge on any atom is -0.444 e. The molecule has 1 heterocycles. The summed E-state index contributed by atoms with van der Waals surface area (Å²) in [7, 11) is 0. The van der Waals surface area contributed by atoms with E-state index in [9.17, 15) is 4.79 Å². The maximum atomic E-state index is 11.1. The summed E-state index contributed by atoms with van der Waals surface area (Å²) in [6, 6.07) is 9.98. The number of rotatable bonds is 6. The number of cyclic esters (lactones) is 1. The van der Waals surface area contributed by atoms with Crippen LogP contribution in [0.3, 0.4) is 0 Å². The van der Waals surface area contributed by atoms with Crippen LogP contribution in [0.4, 0.5) is 4.79 Å². The minimum absolute atomic E-state index is 0.0437. The Hall–Kier alpha value is -1.81. The number of ether oxygens (including phenoxy) is 2. The summed E-state index contributed by atoms with van der Waals surface area (Å²) in [5.41, 5.74) is 1.15. The first kappa shape index (κ1) is 13.6. The Morgan fingerprint density at radius 2 is 2.16 bits per heavy atom. The van der Waals surface area contributed by atoms with Crippen molar-refractivity contribution in [1.82, 2.24) is 5.32 Å². The van der Waals surface area contributed by atoms with Gasteiger partial charge < -0.3 is 14.8 Å². The molecule has 0 radical (unpaired) electrons. The molecule has 4 nitrogen and oxygen atoms in total. The smallest absolute Gasteiger partial charge is 0.408 e. The summed E-state index contributed by atoms with van der Waals surface area (Å²) >= 11 is 0. The quantitative estimate of drug-likeness (QED) is 0.632. The molecule has 2 atom stereocenters. The molecular formula is C15H19NO3. The third kappa shape index (κ3) is 4.10. The fourth-order valence-electron chi connectivity index (χ4n) is 2.00. The van der Waals surface area contributed by atoms with Crippen LogP contribution >= 0.6 is 0 Å². The van der Waals surface area contributed by atoms with Crippen molar-refractivity contribution in [2.24, 2.45) is 0 Å². The molecular weight excluding hydrogens is 242 g/mol. The van der Waals surface area contributed by atoms with Crippen LogP contribution in [0, 0.1) is 0 Å². The Bertz CT molecular complexity index is 430. The lowest BCUT2D eigenvalue weighted by Gasteiger charge is -2.10. The van der Waals surface area contributed by atoms with Gasteiger partial charge in [-0.25, -0.2) is 4.79 Å². The van der Waals surface area contributed by atoms with E-state index < -0.39 is 0 Å². The standard InChI is InChI=1S/C15H19NO3/c1-2-14-13(16-15(17)19-14)9-6-10-18-11-12-7-4-3-5-8-12/h3-9,13-14H,2,10-11H2,1H3,(H,16,17)/b9-6+/t13-,14-/m0/s1. The zero-order chi connectivity index (χ0) is 13.5. The molecule has 0 spiro atoms. The second kappa shape index (κ2) is 6.95. The van der Waals surface area contributed by atoms with Crippen molar-refractivity contribution in [3.8, 4) is 0 Å². The number of benzene rings is 1. The van der Waals surface area contributed by atoms with Crippen molar-refractivity contribution < 1.29 is 14.3 Å². The van der Waals surface area contributed by atoms with Gasteiger partial charge in [0.2, 0.25) is 0 Å². The van der Waals surface area contributed by atoms with Crippen molar-refractivity contribution in [1.29, 1.82) is 0 Å². The second-order valence-corrected chi connectivity index (χ2v) is 4.45. The lowest BCUT2D eigenvalue weighted by Crippen LogP contribution is -2.28. The van der Waals surface area contributed by atoms with Crippen molar-refractivity contribution in [2.45, 2.75) is 32.1 Å². The molecule has 1 aliphatic heterocycles. The van der Waals surface area contributed by atoms with Gasteiger partial charge in [0.05, 0.1) is 19.3 Å². The van der Waals surface area contributed by atoms with Gasteiger partial charge in [0.1, 0.15) is 6.10 Å². The summed E-state index contributed by atoms with van der Waals surface area (Å²) in [6.07, 6.45) is 4.25. The molecule has 1 aromatic rings. The highest BCUT2D eigenvalue weighted by Crippen LogP contribution is 2.13. The molecule has 0 bridgehead atoms. The van der Waals surface area contributed by atoms with Gasteiger partial charge in [-0.2, -0.15) is 0 Å². The van der Waals surface area contributed by atoms with Crippen molar-refractivity contribution in [3.63, 3.8) is 0 Å². The second-order valence-electron chi connectivity index (χ2n) is 4.45. The van der Waals surface area contributed by atoms with Crippen LogP contribution in [0.2, 0.25) is 0 Å². The van der Waals surface area contributed by atoms with Gasteiger partial charge in [-0.15, -0.1) is 0 Å². The van der Waals surface area contributed by atoms with Gasteiger partial charge in [0.15, 0.2) is 0 Å². The predicted octanol–water partition coefficient (Wildman–Crippen LogP) is 2.65. The van der Waals surface area contributed by atoms with E-state index in [1.54, 1.807) is 0 Å². The average molecular weight is 261 g/mol. The van der Waals surface area contributed by atoms with Crippen LogP contribution in [0.5, 0.6) is 0 Å². The third-order valence-corrected chi connectivity index (χ3v) is 3.01. The Labute approximate surface area is 113 Å². The maximum absolute atomic E-state index is 11.1. The van der Waals surface area contributed by atoms with E-state index in [0.717, 1.165) is 12.0 Å². The number of hydrogen-bond donors (Lipinski definition) is 1. The van der Waals surface area contributed by atoms with Crippen LogP contribution in [0.25, 0.3) is 0 Å². The molecule has 102 valence electrons. The lowest BCUT2D eigenvalue weighted by molar-refractivity contribution is 0.133. The highest BCUT2D eigenvalue weighted by molar-refractivity contribution is 5.70. The highest BCUT2D eigenvalue weighted by atomic mass is 16.6. The normalized spacial score (nSPS) is 22.5. The zero-order valence-corrected chi connectivity index (χ0v) is 11.0. The molecule has 1 aliphatic rings. The topological polar surface area (TPSA) is 47.6 Å². The Kier molecular flexibility index (Phi) is 4.98. The number of nitrogens with one attached hydrogen (secondary N) is 1. The number of carbonyl (C=O) groups excluding carboxylic acids is 1. The predicted molar refractivity (Wildman–Crippen MR) is 72.7 cm³/mol. The molecule has 0 aliphatic carbocycles. The number of carbonyl (C=O) groups is 1. The third-order valence-electron chi connectivity index (χ3n) is 3.01. The van der Waals surface area contributed by atoms with Crippen LogP contribution in [-0.2, 0) is 16.1 Å². The molecule has 1 saturated heterocycles. The molecule has 4 heteroatoms. The summed E-state index contributed by atoms with van der Waals surface area (Å²) < 4.78 is 10.6. The first-order valence-corrected chi connectivity index (χ1v) is 6.55. The first-order chi connectivity index (χ1) is 9.29. The minimum atomic E-state index is -0.341. The van der Waals surface area contributed by atoms with Gasteiger partial charge >= 0.3 is 6.09 Å². The molecule has 1 amide bonds. The molecule has 0 aromatic heterocycles. The van der Waals surface area contributed by atoms with Crippen molar-refractivity contribution in [2.75, 3.05) is 6.61 Å². The van der Waals surface area contributed by atoms with Gasteiger partial charge in [0.25, 0.3) is 0 Å². The van der Waals surface area contributed by atoms with E-state index in [1.165, 1.54) is 0 Å². The fraction of sp³-hybridized carbons (Fsp3) is 0.400. The average Bonchev–Trinajstić information content (AvgIpc) is 2.80. The van der Waals surface area contributed by atoms with Gasteiger partial charge in [-0.3, -0.25) is 0 Å². The molecule has 0 unspecified atom stereocenters. The monoisotopic (exact) mass is 261 g/mol. The van der Waals surface area contributed by atoms with Gasteiger partial charge in [-0.05, 0) is 12.0 Å². The van der Waals surface area contributed by atoms with Crippen molar-refractivity contribution in [3.05, 3.63) is 48.0 Å².